The fourth-order valence-corrected chi connectivity index (χ4v) is 5.81. The molecule has 2 aliphatic rings. The predicted octanol–water partition coefficient (Wildman–Crippen LogP) is 3.33. The fraction of sp³-hybridized carbons (Fsp3) is 0.500. The summed E-state index contributed by atoms with van der Waals surface area (Å²) in [4.78, 5) is 27.0. The molecule has 0 N–H and O–H groups in total. The summed E-state index contributed by atoms with van der Waals surface area (Å²) in [5, 5.41) is 1.88. The van der Waals surface area contributed by atoms with E-state index in [0.29, 0.717) is 18.5 Å². The Balaban J connectivity index is 1.51. The van der Waals surface area contributed by atoms with E-state index >= 15 is 0 Å². The molecular weight excluding hydrogens is 384 g/mol. The van der Waals surface area contributed by atoms with Crippen molar-refractivity contribution in [2.75, 3.05) is 20.3 Å². The third-order valence-corrected chi connectivity index (χ3v) is 7.19. The first kappa shape index (κ1) is 18.9. The van der Waals surface area contributed by atoms with Crippen molar-refractivity contribution in [1.82, 2.24) is 19.4 Å². The van der Waals surface area contributed by atoms with Crippen molar-refractivity contribution in [3.63, 3.8) is 0 Å². The summed E-state index contributed by atoms with van der Waals surface area (Å²) in [5.41, 5.74) is 2.12. The van der Waals surface area contributed by atoms with Gasteiger partial charge in [0.1, 0.15) is 10.8 Å². The maximum Gasteiger partial charge on any atom is 0.261 e. The topological polar surface area (TPSA) is 60.2 Å². The van der Waals surface area contributed by atoms with Crippen LogP contribution in [0, 0.1) is 0 Å². The molecule has 1 aromatic carbocycles. The number of ether oxygens (including phenoxy) is 1. The SMILES string of the molecule is COCCn1c(C2CCCN2Cc2nc3c(s2)CCC3)nc2ccccc2c1=O. The minimum absolute atomic E-state index is 0.0303. The highest BCUT2D eigenvalue weighted by Gasteiger charge is 2.31. The van der Waals surface area contributed by atoms with Gasteiger partial charge in [-0.05, 0) is 50.8 Å². The van der Waals surface area contributed by atoms with Crippen molar-refractivity contribution < 1.29 is 4.74 Å². The van der Waals surface area contributed by atoms with Gasteiger partial charge in [0.15, 0.2) is 0 Å². The van der Waals surface area contributed by atoms with Crippen LogP contribution in [-0.4, -0.2) is 39.7 Å². The van der Waals surface area contributed by atoms with Crippen LogP contribution in [0.5, 0.6) is 0 Å². The number of aromatic nitrogens is 3. The lowest BCUT2D eigenvalue weighted by Gasteiger charge is -2.26. The maximum atomic E-state index is 13.2. The minimum atomic E-state index is 0.0303. The Morgan fingerprint density at radius 1 is 1.21 bits per heavy atom. The van der Waals surface area contributed by atoms with Crippen LogP contribution in [0.3, 0.4) is 0 Å². The van der Waals surface area contributed by atoms with Crippen LogP contribution >= 0.6 is 11.3 Å². The largest absolute Gasteiger partial charge is 0.383 e. The van der Waals surface area contributed by atoms with Gasteiger partial charge in [0.25, 0.3) is 5.56 Å². The minimum Gasteiger partial charge on any atom is -0.383 e. The summed E-state index contributed by atoms with van der Waals surface area (Å²) in [5.74, 6) is 0.868. The summed E-state index contributed by atoms with van der Waals surface area (Å²) in [6.45, 7) is 2.88. The quantitative estimate of drug-likeness (QED) is 0.624. The normalized spacial score (nSPS) is 19.3. The van der Waals surface area contributed by atoms with Gasteiger partial charge in [0, 0.05) is 12.0 Å². The number of hydrogen-bond donors (Lipinski definition) is 0. The number of likely N-dealkylation sites (tertiary alicyclic amines) is 1. The van der Waals surface area contributed by atoms with Crippen molar-refractivity contribution in [2.45, 2.75) is 51.2 Å². The number of hydrogen-bond acceptors (Lipinski definition) is 6. The number of aryl methyl sites for hydroxylation is 2. The van der Waals surface area contributed by atoms with E-state index in [0.717, 1.165) is 43.7 Å². The van der Waals surface area contributed by atoms with Crippen molar-refractivity contribution >= 4 is 22.2 Å². The highest BCUT2D eigenvalue weighted by atomic mass is 32.1. The molecule has 0 bridgehead atoms. The zero-order valence-electron chi connectivity index (χ0n) is 16.8. The average Bonchev–Trinajstić information content (AvgIpc) is 3.44. The molecule has 1 saturated heterocycles. The Morgan fingerprint density at radius 2 is 2.10 bits per heavy atom. The highest BCUT2D eigenvalue weighted by molar-refractivity contribution is 7.11. The predicted molar refractivity (Wildman–Crippen MR) is 114 cm³/mol. The van der Waals surface area contributed by atoms with Gasteiger partial charge in [0.05, 0.1) is 42.3 Å². The number of rotatable bonds is 6. The molecule has 1 aliphatic carbocycles. The highest BCUT2D eigenvalue weighted by Crippen LogP contribution is 2.35. The number of para-hydroxylation sites is 1. The molecule has 29 heavy (non-hydrogen) atoms. The van der Waals surface area contributed by atoms with Crippen LogP contribution in [0.2, 0.25) is 0 Å². The van der Waals surface area contributed by atoms with Gasteiger partial charge >= 0.3 is 0 Å². The lowest BCUT2D eigenvalue weighted by molar-refractivity contribution is 0.178. The van der Waals surface area contributed by atoms with Gasteiger partial charge in [-0.25, -0.2) is 9.97 Å². The summed E-state index contributed by atoms with van der Waals surface area (Å²) in [6, 6.07) is 7.78. The van der Waals surface area contributed by atoms with Gasteiger partial charge in [-0.1, -0.05) is 12.1 Å². The van der Waals surface area contributed by atoms with Crippen molar-refractivity contribution in [3.8, 4) is 0 Å². The van der Waals surface area contributed by atoms with E-state index in [1.165, 1.54) is 28.4 Å². The second-order valence-electron chi connectivity index (χ2n) is 7.90. The van der Waals surface area contributed by atoms with Crippen LogP contribution in [-0.2, 0) is 30.7 Å². The van der Waals surface area contributed by atoms with E-state index in [4.69, 9.17) is 14.7 Å². The van der Waals surface area contributed by atoms with E-state index in [2.05, 4.69) is 4.90 Å². The summed E-state index contributed by atoms with van der Waals surface area (Å²) in [6.07, 6.45) is 5.68. The van der Waals surface area contributed by atoms with Crippen molar-refractivity contribution in [2.24, 2.45) is 0 Å². The molecule has 152 valence electrons. The molecule has 6 nitrogen and oxygen atoms in total. The van der Waals surface area contributed by atoms with E-state index in [1.807, 2.05) is 40.2 Å². The van der Waals surface area contributed by atoms with Crippen molar-refractivity contribution in [1.29, 1.82) is 0 Å². The molecule has 7 heteroatoms. The summed E-state index contributed by atoms with van der Waals surface area (Å²) >= 11 is 1.87. The van der Waals surface area contributed by atoms with Gasteiger partial charge in [-0.3, -0.25) is 14.3 Å². The second-order valence-corrected chi connectivity index (χ2v) is 9.06. The number of methoxy groups -OCH3 is 1. The molecule has 3 aromatic rings. The first-order valence-corrected chi connectivity index (χ1v) is 11.3. The third kappa shape index (κ3) is 3.52. The van der Waals surface area contributed by atoms with E-state index in [-0.39, 0.29) is 11.6 Å². The Hall–Kier alpha value is -2.09. The standard InChI is InChI=1S/C22H26N4O2S/c1-28-13-12-26-21(24-16-7-3-2-6-15(16)22(26)27)18-9-5-11-25(18)14-20-23-17-8-4-10-19(17)29-20/h2-3,6-7,18H,4-5,8-14H2,1H3. The molecule has 1 fully saturated rings. The fourth-order valence-electron chi connectivity index (χ4n) is 4.63. The Kier molecular flexibility index (Phi) is 5.20. The Bertz CT molecular complexity index is 1070. The second kappa shape index (κ2) is 7.97. The van der Waals surface area contributed by atoms with Gasteiger partial charge < -0.3 is 4.74 Å². The maximum absolute atomic E-state index is 13.2. The lowest BCUT2D eigenvalue weighted by atomic mass is 10.1. The number of benzene rings is 1. The van der Waals surface area contributed by atoms with E-state index in [1.54, 1.807) is 7.11 Å². The molecule has 5 rings (SSSR count). The van der Waals surface area contributed by atoms with Crippen LogP contribution in [0.15, 0.2) is 29.1 Å². The summed E-state index contributed by atoms with van der Waals surface area (Å²) < 4.78 is 7.11. The molecule has 1 unspecified atom stereocenters. The zero-order valence-corrected chi connectivity index (χ0v) is 17.6. The Morgan fingerprint density at radius 3 is 2.97 bits per heavy atom. The molecule has 1 aliphatic heterocycles. The van der Waals surface area contributed by atoms with Crippen LogP contribution in [0.25, 0.3) is 10.9 Å². The number of thiazole rings is 1. The number of nitrogens with zero attached hydrogens (tertiary/aromatic N) is 4. The zero-order chi connectivity index (χ0) is 19.8. The average molecular weight is 411 g/mol. The van der Waals surface area contributed by atoms with E-state index in [9.17, 15) is 4.79 Å². The van der Waals surface area contributed by atoms with Gasteiger partial charge in [-0.2, -0.15) is 0 Å². The third-order valence-electron chi connectivity index (χ3n) is 6.05. The number of fused-ring (bicyclic) bond motifs is 2. The molecule has 2 aromatic heterocycles. The van der Waals surface area contributed by atoms with Crippen LogP contribution < -0.4 is 5.56 Å². The summed E-state index contributed by atoms with van der Waals surface area (Å²) in [7, 11) is 1.67. The molecular formula is C22H26N4O2S. The molecule has 1 atom stereocenters. The smallest absolute Gasteiger partial charge is 0.261 e. The lowest BCUT2D eigenvalue weighted by Crippen LogP contribution is -2.33. The molecule has 0 spiro atoms. The first-order chi connectivity index (χ1) is 14.2. The van der Waals surface area contributed by atoms with Crippen LogP contribution in [0.4, 0.5) is 0 Å². The molecule has 0 radical (unpaired) electrons. The van der Waals surface area contributed by atoms with Crippen LogP contribution in [0.1, 0.15) is 46.7 Å². The molecule has 3 heterocycles. The van der Waals surface area contributed by atoms with Crippen molar-refractivity contribution in [3.05, 3.63) is 56.0 Å². The molecule has 0 saturated carbocycles. The van der Waals surface area contributed by atoms with Gasteiger partial charge in [-0.15, -0.1) is 11.3 Å². The molecule has 0 amide bonds. The monoisotopic (exact) mass is 410 g/mol. The Labute approximate surface area is 174 Å². The van der Waals surface area contributed by atoms with Gasteiger partial charge in [0.2, 0.25) is 0 Å². The first-order valence-electron chi connectivity index (χ1n) is 10.4. The van der Waals surface area contributed by atoms with E-state index < -0.39 is 0 Å².